The molecular formula is C15H23ClN2O5S. The number of sulfonamides is 1. The monoisotopic (exact) mass is 378 g/mol. The third-order valence-electron chi connectivity index (χ3n) is 2.84. The standard InChI is InChI=1S/C13H20N2O4S.C2H3ClO/c14-12(13(16)17)8-4-5-9-15-20(18,19)10-11-6-2-1-3-7-11;3-1-2-4/h1-3,6-7,12,15H,4-5,8-10,14H2,(H,16,17);2H,1H2/t12-;/m0./s1. The van der Waals surface area contributed by atoms with E-state index in [0.29, 0.717) is 32.1 Å². The van der Waals surface area contributed by atoms with Crippen molar-refractivity contribution in [2.75, 3.05) is 12.4 Å². The first-order chi connectivity index (χ1) is 11.3. The lowest BCUT2D eigenvalue weighted by atomic mass is 10.1. The fraction of sp³-hybridized carbons (Fsp3) is 0.467. The number of rotatable bonds is 10. The Labute approximate surface area is 147 Å². The van der Waals surface area contributed by atoms with Gasteiger partial charge in [0.05, 0.1) is 11.6 Å². The maximum absolute atomic E-state index is 11.8. The van der Waals surface area contributed by atoms with Crippen molar-refractivity contribution in [3.63, 3.8) is 0 Å². The van der Waals surface area contributed by atoms with E-state index < -0.39 is 22.0 Å². The summed E-state index contributed by atoms with van der Waals surface area (Å²) < 4.78 is 26.0. The van der Waals surface area contributed by atoms with E-state index in [1.54, 1.807) is 24.3 Å². The van der Waals surface area contributed by atoms with Crippen molar-refractivity contribution in [2.45, 2.75) is 31.1 Å². The highest BCUT2D eigenvalue weighted by molar-refractivity contribution is 7.88. The second-order valence-corrected chi connectivity index (χ2v) is 7.02. The average Bonchev–Trinajstić information content (AvgIpc) is 2.54. The maximum atomic E-state index is 11.8. The first-order valence-electron chi connectivity index (χ1n) is 7.31. The summed E-state index contributed by atoms with van der Waals surface area (Å²) in [6, 6.07) is 8.04. The molecule has 0 saturated heterocycles. The second-order valence-electron chi connectivity index (χ2n) is 4.90. The van der Waals surface area contributed by atoms with Crippen LogP contribution in [0.1, 0.15) is 24.8 Å². The molecule has 0 aliphatic rings. The third-order valence-corrected chi connectivity index (χ3v) is 4.33. The van der Waals surface area contributed by atoms with Crippen molar-refractivity contribution < 1.29 is 23.1 Å². The van der Waals surface area contributed by atoms with Gasteiger partial charge in [0.2, 0.25) is 10.0 Å². The van der Waals surface area contributed by atoms with Crippen LogP contribution in [0.3, 0.4) is 0 Å². The molecule has 0 aliphatic carbocycles. The molecule has 0 aliphatic heterocycles. The fourth-order valence-electron chi connectivity index (χ4n) is 1.69. The molecule has 1 aromatic rings. The summed E-state index contributed by atoms with van der Waals surface area (Å²) in [6.45, 7) is 0.293. The zero-order chi connectivity index (χ0) is 18.4. The molecule has 0 saturated carbocycles. The summed E-state index contributed by atoms with van der Waals surface area (Å²) >= 11 is 4.82. The van der Waals surface area contributed by atoms with Crippen molar-refractivity contribution in [3.8, 4) is 0 Å². The van der Waals surface area contributed by atoms with Gasteiger partial charge >= 0.3 is 5.97 Å². The Morgan fingerprint density at radius 3 is 2.38 bits per heavy atom. The Morgan fingerprint density at radius 2 is 1.88 bits per heavy atom. The largest absolute Gasteiger partial charge is 0.480 e. The Balaban J connectivity index is 0.00000118. The quantitative estimate of drug-likeness (QED) is 0.318. The number of hydrogen-bond donors (Lipinski definition) is 3. The van der Waals surface area contributed by atoms with Crippen molar-refractivity contribution in [3.05, 3.63) is 35.9 Å². The highest BCUT2D eigenvalue weighted by Gasteiger charge is 2.12. The normalized spacial score (nSPS) is 11.9. The Morgan fingerprint density at radius 1 is 1.29 bits per heavy atom. The van der Waals surface area contributed by atoms with E-state index in [1.807, 2.05) is 6.07 Å². The molecule has 136 valence electrons. The lowest BCUT2D eigenvalue weighted by Gasteiger charge is -2.08. The smallest absolute Gasteiger partial charge is 0.320 e. The van der Waals surface area contributed by atoms with Gasteiger partial charge in [-0.1, -0.05) is 36.8 Å². The fourth-order valence-corrected chi connectivity index (χ4v) is 2.87. The van der Waals surface area contributed by atoms with Gasteiger partial charge in [0, 0.05) is 6.54 Å². The van der Waals surface area contributed by atoms with Crippen LogP contribution < -0.4 is 10.5 Å². The lowest BCUT2D eigenvalue weighted by molar-refractivity contribution is -0.138. The lowest BCUT2D eigenvalue weighted by Crippen LogP contribution is -2.30. The number of nitrogens with two attached hydrogens (primary N) is 1. The second kappa shape index (κ2) is 12.9. The topological polar surface area (TPSA) is 127 Å². The molecule has 4 N–H and O–H groups in total. The minimum absolute atomic E-state index is 0.0531. The van der Waals surface area contributed by atoms with Gasteiger partial charge in [-0.05, 0) is 18.4 Å². The number of carbonyl (C=O) groups excluding carboxylic acids is 1. The number of carbonyl (C=O) groups is 2. The molecule has 1 rings (SSSR count). The van der Waals surface area contributed by atoms with Crippen LogP contribution in [0.2, 0.25) is 0 Å². The molecule has 1 atom stereocenters. The summed E-state index contributed by atoms with van der Waals surface area (Å²) in [5.74, 6) is -0.975. The summed E-state index contributed by atoms with van der Waals surface area (Å²) in [5.41, 5.74) is 6.08. The molecule has 1 aromatic carbocycles. The third kappa shape index (κ3) is 12.0. The predicted octanol–water partition coefficient (Wildman–Crippen LogP) is 1.11. The van der Waals surface area contributed by atoms with E-state index in [4.69, 9.17) is 27.2 Å². The van der Waals surface area contributed by atoms with Gasteiger partial charge in [0.1, 0.15) is 12.3 Å². The van der Waals surface area contributed by atoms with Gasteiger partial charge in [-0.25, -0.2) is 13.1 Å². The van der Waals surface area contributed by atoms with Crippen LogP contribution >= 0.6 is 11.6 Å². The number of aliphatic carboxylic acids is 1. The van der Waals surface area contributed by atoms with E-state index in [-0.39, 0.29) is 11.6 Å². The molecule has 9 heteroatoms. The maximum Gasteiger partial charge on any atom is 0.320 e. The van der Waals surface area contributed by atoms with E-state index in [9.17, 15) is 13.2 Å². The predicted molar refractivity (Wildman–Crippen MR) is 93.3 cm³/mol. The zero-order valence-electron chi connectivity index (χ0n) is 13.2. The zero-order valence-corrected chi connectivity index (χ0v) is 14.8. The van der Waals surface area contributed by atoms with Crippen LogP contribution in [0, 0.1) is 0 Å². The number of benzene rings is 1. The summed E-state index contributed by atoms with van der Waals surface area (Å²) in [6.07, 6.45) is 2.12. The molecular weight excluding hydrogens is 356 g/mol. The van der Waals surface area contributed by atoms with E-state index in [0.717, 1.165) is 5.56 Å². The average molecular weight is 379 g/mol. The number of hydrogen-bond acceptors (Lipinski definition) is 5. The number of alkyl halides is 1. The van der Waals surface area contributed by atoms with Crippen molar-refractivity contribution in [1.82, 2.24) is 4.72 Å². The van der Waals surface area contributed by atoms with Crippen LogP contribution in [0.15, 0.2) is 30.3 Å². The van der Waals surface area contributed by atoms with Gasteiger partial charge in [-0.15, -0.1) is 11.6 Å². The van der Waals surface area contributed by atoms with E-state index >= 15 is 0 Å². The molecule has 0 heterocycles. The molecule has 0 spiro atoms. The molecule has 0 aromatic heterocycles. The number of halogens is 1. The van der Waals surface area contributed by atoms with Crippen molar-refractivity contribution >= 4 is 33.9 Å². The number of carboxylic acid groups (broad SMARTS) is 1. The Kier molecular flexibility index (Phi) is 12.1. The molecule has 24 heavy (non-hydrogen) atoms. The van der Waals surface area contributed by atoms with E-state index in [2.05, 4.69) is 4.72 Å². The van der Waals surface area contributed by atoms with Crippen LogP contribution in [-0.2, 0) is 25.4 Å². The van der Waals surface area contributed by atoms with Crippen LogP contribution in [0.25, 0.3) is 0 Å². The summed E-state index contributed by atoms with van der Waals surface area (Å²) in [4.78, 5) is 19.5. The molecule has 0 amide bonds. The minimum atomic E-state index is -3.35. The number of unbranched alkanes of at least 4 members (excludes halogenated alkanes) is 1. The molecule has 0 unspecified atom stereocenters. The van der Waals surface area contributed by atoms with E-state index in [1.165, 1.54) is 0 Å². The summed E-state index contributed by atoms with van der Waals surface area (Å²) in [7, 11) is -3.35. The van der Waals surface area contributed by atoms with Crippen molar-refractivity contribution in [1.29, 1.82) is 0 Å². The first kappa shape index (κ1) is 22.5. The number of aldehydes is 1. The Bertz CT molecular complexity index is 581. The molecule has 0 bridgehead atoms. The molecule has 7 nitrogen and oxygen atoms in total. The minimum Gasteiger partial charge on any atom is -0.480 e. The molecule has 0 fully saturated rings. The number of nitrogens with one attached hydrogen (secondary N) is 1. The van der Waals surface area contributed by atoms with Crippen molar-refractivity contribution in [2.24, 2.45) is 5.73 Å². The van der Waals surface area contributed by atoms with Crippen LogP contribution in [0.5, 0.6) is 0 Å². The highest BCUT2D eigenvalue weighted by Crippen LogP contribution is 2.04. The van der Waals surface area contributed by atoms with Gasteiger partial charge in [0.25, 0.3) is 0 Å². The Hall–Kier alpha value is -1.48. The summed E-state index contributed by atoms with van der Waals surface area (Å²) in [5, 5.41) is 8.60. The first-order valence-corrected chi connectivity index (χ1v) is 9.50. The van der Waals surface area contributed by atoms with Gasteiger partial charge in [-0.2, -0.15) is 0 Å². The van der Waals surface area contributed by atoms with Crippen LogP contribution in [0.4, 0.5) is 0 Å². The molecule has 0 radical (unpaired) electrons. The highest BCUT2D eigenvalue weighted by atomic mass is 35.5. The van der Waals surface area contributed by atoms with Gasteiger partial charge in [0.15, 0.2) is 0 Å². The van der Waals surface area contributed by atoms with Gasteiger partial charge in [-0.3, -0.25) is 4.79 Å². The van der Waals surface area contributed by atoms with Crippen LogP contribution in [-0.4, -0.2) is 44.2 Å². The SMILES string of the molecule is N[C@@H](CCCCNS(=O)(=O)Cc1ccccc1)C(=O)O.O=CCCl. The number of carboxylic acids is 1. The van der Waals surface area contributed by atoms with Gasteiger partial charge < -0.3 is 15.6 Å².